The van der Waals surface area contributed by atoms with E-state index >= 15 is 0 Å². The molecule has 0 bridgehead atoms. The van der Waals surface area contributed by atoms with E-state index in [2.05, 4.69) is 55.4 Å². The quantitative estimate of drug-likeness (QED) is 0.911. The largest absolute Gasteiger partial charge is 0.371 e. The molecule has 1 aliphatic carbocycles. The molecule has 2 aliphatic rings. The van der Waals surface area contributed by atoms with Crippen LogP contribution in [0.5, 0.6) is 0 Å². The lowest BCUT2D eigenvalue weighted by Gasteiger charge is -2.42. The minimum Gasteiger partial charge on any atom is -0.371 e. The molecule has 0 saturated heterocycles. The fourth-order valence-corrected chi connectivity index (χ4v) is 4.44. The first-order valence-electron chi connectivity index (χ1n) is 8.67. The van der Waals surface area contributed by atoms with Gasteiger partial charge in [-0.2, -0.15) is 0 Å². The van der Waals surface area contributed by atoms with Crippen LogP contribution in [0.4, 0.5) is 5.69 Å². The van der Waals surface area contributed by atoms with E-state index in [1.165, 1.54) is 44.5 Å². The molecule has 0 spiro atoms. The number of fused-ring (bicyclic) bond motifs is 1. The van der Waals surface area contributed by atoms with Crippen molar-refractivity contribution >= 4 is 5.69 Å². The van der Waals surface area contributed by atoms with Gasteiger partial charge in [-0.1, -0.05) is 32.0 Å². The maximum atomic E-state index is 3.57. The SMILES string of the molecule is CNC1CCC(C)CC1CN1CC(C)Cc2ccccc21. The van der Waals surface area contributed by atoms with Crippen molar-refractivity contribution in [1.29, 1.82) is 0 Å². The van der Waals surface area contributed by atoms with Crippen LogP contribution in [0.1, 0.15) is 38.7 Å². The second-order valence-corrected chi connectivity index (χ2v) is 7.42. The molecule has 3 rings (SSSR count). The molecule has 1 aromatic rings. The number of nitrogens with one attached hydrogen (secondary N) is 1. The second-order valence-electron chi connectivity index (χ2n) is 7.42. The van der Waals surface area contributed by atoms with Gasteiger partial charge in [0.15, 0.2) is 0 Å². The first-order valence-corrected chi connectivity index (χ1v) is 8.67. The summed E-state index contributed by atoms with van der Waals surface area (Å²) < 4.78 is 0. The molecule has 1 heterocycles. The van der Waals surface area contributed by atoms with Crippen LogP contribution in [-0.4, -0.2) is 26.2 Å². The second kappa shape index (κ2) is 6.39. The minimum absolute atomic E-state index is 0.700. The maximum Gasteiger partial charge on any atom is 0.0399 e. The summed E-state index contributed by atoms with van der Waals surface area (Å²) in [5.74, 6) is 2.45. The van der Waals surface area contributed by atoms with Crippen molar-refractivity contribution in [3.05, 3.63) is 29.8 Å². The maximum absolute atomic E-state index is 3.57. The topological polar surface area (TPSA) is 15.3 Å². The molecule has 4 atom stereocenters. The highest BCUT2D eigenvalue weighted by molar-refractivity contribution is 5.55. The van der Waals surface area contributed by atoms with Crippen LogP contribution in [0.25, 0.3) is 0 Å². The van der Waals surface area contributed by atoms with Gasteiger partial charge in [0.2, 0.25) is 0 Å². The highest BCUT2D eigenvalue weighted by Gasteiger charge is 2.31. The smallest absolute Gasteiger partial charge is 0.0399 e. The van der Waals surface area contributed by atoms with E-state index in [1.807, 2.05) is 0 Å². The van der Waals surface area contributed by atoms with Crippen LogP contribution in [0.2, 0.25) is 0 Å². The lowest BCUT2D eigenvalue weighted by molar-refractivity contribution is 0.221. The number of para-hydroxylation sites is 1. The van der Waals surface area contributed by atoms with E-state index in [4.69, 9.17) is 0 Å². The zero-order valence-corrected chi connectivity index (χ0v) is 13.8. The molecular weight excluding hydrogens is 256 g/mol. The molecule has 0 aromatic heterocycles. The van der Waals surface area contributed by atoms with Crippen molar-refractivity contribution in [2.45, 2.75) is 45.6 Å². The van der Waals surface area contributed by atoms with Crippen LogP contribution in [0.15, 0.2) is 24.3 Å². The van der Waals surface area contributed by atoms with Gasteiger partial charge in [0.25, 0.3) is 0 Å². The van der Waals surface area contributed by atoms with Crippen LogP contribution in [0.3, 0.4) is 0 Å². The Kier molecular flexibility index (Phi) is 4.54. The molecule has 1 aromatic carbocycles. The van der Waals surface area contributed by atoms with Gasteiger partial charge in [-0.15, -0.1) is 0 Å². The lowest BCUT2D eigenvalue weighted by atomic mass is 9.78. The Labute approximate surface area is 129 Å². The van der Waals surface area contributed by atoms with Gasteiger partial charge in [0.1, 0.15) is 0 Å². The first-order chi connectivity index (χ1) is 10.2. The Morgan fingerprint density at radius 1 is 1.14 bits per heavy atom. The molecule has 2 heteroatoms. The summed E-state index contributed by atoms with van der Waals surface area (Å²) in [4.78, 5) is 2.66. The number of nitrogens with zero attached hydrogens (tertiary/aromatic N) is 1. The first kappa shape index (κ1) is 14.9. The van der Waals surface area contributed by atoms with Crippen molar-refractivity contribution in [2.75, 3.05) is 25.0 Å². The van der Waals surface area contributed by atoms with Gasteiger partial charge in [0.05, 0.1) is 0 Å². The van der Waals surface area contributed by atoms with Crippen molar-refractivity contribution < 1.29 is 0 Å². The van der Waals surface area contributed by atoms with E-state index in [1.54, 1.807) is 5.56 Å². The standard InChI is InChI=1S/C19H30N2/c1-14-8-9-18(20-3)17(10-14)13-21-12-15(2)11-16-6-4-5-7-19(16)21/h4-7,14-15,17-18,20H,8-13H2,1-3H3. The third-order valence-electron chi connectivity index (χ3n) is 5.50. The number of hydrogen-bond acceptors (Lipinski definition) is 2. The fourth-order valence-electron chi connectivity index (χ4n) is 4.44. The Morgan fingerprint density at radius 3 is 2.76 bits per heavy atom. The van der Waals surface area contributed by atoms with Crippen molar-refractivity contribution in [2.24, 2.45) is 17.8 Å². The number of hydrogen-bond donors (Lipinski definition) is 1. The van der Waals surface area contributed by atoms with E-state index in [0.29, 0.717) is 6.04 Å². The van der Waals surface area contributed by atoms with E-state index in [9.17, 15) is 0 Å². The average Bonchev–Trinajstić information content (AvgIpc) is 2.47. The highest BCUT2D eigenvalue weighted by Crippen LogP contribution is 2.34. The lowest BCUT2D eigenvalue weighted by Crippen LogP contribution is -2.46. The molecule has 1 N–H and O–H groups in total. The zero-order chi connectivity index (χ0) is 14.8. The molecule has 1 saturated carbocycles. The normalized spacial score (nSPS) is 32.8. The summed E-state index contributed by atoms with van der Waals surface area (Å²) in [6, 6.07) is 9.72. The number of rotatable bonds is 3. The molecular formula is C19H30N2. The summed E-state index contributed by atoms with van der Waals surface area (Å²) in [6.45, 7) is 7.25. The van der Waals surface area contributed by atoms with Gasteiger partial charge in [-0.25, -0.2) is 0 Å². The summed E-state index contributed by atoms with van der Waals surface area (Å²) >= 11 is 0. The van der Waals surface area contributed by atoms with E-state index in [0.717, 1.165) is 17.8 Å². The van der Waals surface area contributed by atoms with Crippen molar-refractivity contribution in [1.82, 2.24) is 5.32 Å². The van der Waals surface area contributed by atoms with Crippen LogP contribution in [-0.2, 0) is 6.42 Å². The molecule has 0 radical (unpaired) electrons. The number of benzene rings is 1. The molecule has 1 aliphatic heterocycles. The molecule has 1 fully saturated rings. The molecule has 4 unspecified atom stereocenters. The van der Waals surface area contributed by atoms with Crippen LogP contribution < -0.4 is 10.2 Å². The molecule has 21 heavy (non-hydrogen) atoms. The van der Waals surface area contributed by atoms with Gasteiger partial charge in [-0.05, 0) is 62.1 Å². The predicted octanol–water partition coefficient (Wildman–Crippen LogP) is 3.71. The third-order valence-corrected chi connectivity index (χ3v) is 5.50. The van der Waals surface area contributed by atoms with Gasteiger partial charge >= 0.3 is 0 Å². The summed E-state index contributed by atoms with van der Waals surface area (Å²) in [5.41, 5.74) is 3.03. The zero-order valence-electron chi connectivity index (χ0n) is 13.8. The highest BCUT2D eigenvalue weighted by atomic mass is 15.1. The Hall–Kier alpha value is -1.02. The third kappa shape index (κ3) is 3.26. The number of anilines is 1. The van der Waals surface area contributed by atoms with Crippen molar-refractivity contribution in [3.8, 4) is 0 Å². The summed E-state index contributed by atoms with van der Waals surface area (Å²) in [6.07, 6.45) is 5.34. The van der Waals surface area contributed by atoms with Gasteiger partial charge in [0, 0.05) is 24.8 Å². The molecule has 116 valence electrons. The molecule has 0 amide bonds. The Balaban J connectivity index is 1.77. The van der Waals surface area contributed by atoms with Gasteiger partial charge < -0.3 is 10.2 Å². The van der Waals surface area contributed by atoms with Crippen LogP contribution in [0, 0.1) is 17.8 Å². The summed E-state index contributed by atoms with van der Waals surface area (Å²) in [7, 11) is 2.14. The Bertz CT molecular complexity index is 470. The van der Waals surface area contributed by atoms with Gasteiger partial charge in [-0.3, -0.25) is 0 Å². The monoisotopic (exact) mass is 286 g/mol. The molecule has 2 nitrogen and oxygen atoms in total. The minimum atomic E-state index is 0.700. The predicted molar refractivity (Wildman–Crippen MR) is 90.9 cm³/mol. The summed E-state index contributed by atoms with van der Waals surface area (Å²) in [5, 5.41) is 3.57. The van der Waals surface area contributed by atoms with E-state index < -0.39 is 0 Å². The Morgan fingerprint density at radius 2 is 1.95 bits per heavy atom. The average molecular weight is 286 g/mol. The van der Waals surface area contributed by atoms with Crippen molar-refractivity contribution in [3.63, 3.8) is 0 Å². The van der Waals surface area contributed by atoms with E-state index in [-0.39, 0.29) is 0 Å². The fraction of sp³-hybridized carbons (Fsp3) is 0.684. The van der Waals surface area contributed by atoms with Crippen LogP contribution >= 0.6 is 0 Å².